The summed E-state index contributed by atoms with van der Waals surface area (Å²) in [7, 11) is 0. The van der Waals surface area contributed by atoms with Crippen LogP contribution >= 0.6 is 0 Å². The van der Waals surface area contributed by atoms with Crippen LogP contribution in [0.2, 0.25) is 0 Å². The molecule has 2 aliphatic rings. The molecule has 1 aromatic carbocycles. The number of hydrogen-bond donors (Lipinski definition) is 0. The Morgan fingerprint density at radius 2 is 1.72 bits per heavy atom. The average Bonchev–Trinajstić information content (AvgIpc) is 3.25. The third kappa shape index (κ3) is 2.58. The molecule has 2 fully saturated rings. The molecule has 3 aromatic rings. The molecule has 25 heavy (non-hydrogen) atoms. The standard InChI is InChI=1S/C17H19N7O/c1-12-10-23(12)16-19-15(22-6-8-25-9-7-22)20-17(21-16)24-11-18-13-4-2-3-5-14(13)24/h2-5,11-12H,6-10H2,1H3. The Kier molecular flexibility index (Phi) is 3.30. The van der Waals surface area contributed by atoms with Crippen molar-refractivity contribution in [2.75, 3.05) is 42.6 Å². The zero-order valence-electron chi connectivity index (χ0n) is 14.0. The maximum atomic E-state index is 5.45. The highest BCUT2D eigenvalue weighted by atomic mass is 16.5. The Labute approximate surface area is 145 Å². The van der Waals surface area contributed by atoms with Gasteiger partial charge in [0.2, 0.25) is 17.8 Å². The summed E-state index contributed by atoms with van der Waals surface area (Å²) in [4.78, 5) is 22.9. The summed E-state index contributed by atoms with van der Waals surface area (Å²) in [6.45, 7) is 6.14. The molecule has 1 atom stereocenters. The van der Waals surface area contributed by atoms with Crippen molar-refractivity contribution in [1.82, 2.24) is 24.5 Å². The SMILES string of the molecule is CC1CN1c1nc(N2CCOCC2)nc(-n2cnc3ccccc32)n1. The van der Waals surface area contributed by atoms with Crippen molar-refractivity contribution in [2.45, 2.75) is 13.0 Å². The number of benzene rings is 1. The van der Waals surface area contributed by atoms with Crippen LogP contribution in [0.1, 0.15) is 6.92 Å². The van der Waals surface area contributed by atoms with Gasteiger partial charge in [0.1, 0.15) is 6.33 Å². The Balaban J connectivity index is 1.62. The minimum Gasteiger partial charge on any atom is -0.378 e. The minimum absolute atomic E-state index is 0.479. The predicted octanol–water partition coefficient (Wildman–Crippen LogP) is 1.26. The first-order valence-corrected chi connectivity index (χ1v) is 8.57. The summed E-state index contributed by atoms with van der Waals surface area (Å²) in [5.41, 5.74) is 1.92. The summed E-state index contributed by atoms with van der Waals surface area (Å²) in [5.74, 6) is 2.05. The molecule has 1 unspecified atom stereocenters. The number of imidazole rings is 1. The van der Waals surface area contributed by atoms with Crippen LogP contribution in [0.4, 0.5) is 11.9 Å². The fourth-order valence-corrected chi connectivity index (χ4v) is 3.12. The molecule has 8 heteroatoms. The molecule has 2 aliphatic heterocycles. The van der Waals surface area contributed by atoms with E-state index in [-0.39, 0.29) is 0 Å². The summed E-state index contributed by atoms with van der Waals surface area (Å²) < 4.78 is 7.38. The molecule has 0 saturated carbocycles. The normalized spacial score (nSPS) is 20.3. The van der Waals surface area contributed by atoms with E-state index in [4.69, 9.17) is 19.7 Å². The molecule has 5 rings (SSSR count). The first-order valence-electron chi connectivity index (χ1n) is 8.57. The van der Waals surface area contributed by atoms with Gasteiger partial charge in [-0.25, -0.2) is 4.98 Å². The number of rotatable bonds is 3. The number of nitrogens with zero attached hydrogens (tertiary/aromatic N) is 7. The van der Waals surface area contributed by atoms with Crippen LogP contribution in [0.15, 0.2) is 30.6 Å². The summed E-state index contributed by atoms with van der Waals surface area (Å²) in [6.07, 6.45) is 1.78. The molecule has 0 aliphatic carbocycles. The summed E-state index contributed by atoms with van der Waals surface area (Å²) >= 11 is 0. The fourth-order valence-electron chi connectivity index (χ4n) is 3.12. The van der Waals surface area contributed by atoms with Gasteiger partial charge < -0.3 is 14.5 Å². The number of anilines is 2. The van der Waals surface area contributed by atoms with Crippen LogP contribution in [0, 0.1) is 0 Å². The van der Waals surface area contributed by atoms with E-state index in [0.29, 0.717) is 31.2 Å². The molecule has 128 valence electrons. The topological polar surface area (TPSA) is 72.0 Å². The van der Waals surface area contributed by atoms with Gasteiger partial charge in [0, 0.05) is 25.7 Å². The van der Waals surface area contributed by atoms with Crippen molar-refractivity contribution >= 4 is 22.9 Å². The van der Waals surface area contributed by atoms with E-state index < -0.39 is 0 Å². The molecule has 0 radical (unpaired) electrons. The fraction of sp³-hybridized carbons (Fsp3) is 0.412. The number of para-hydroxylation sites is 2. The maximum absolute atomic E-state index is 5.45. The number of aromatic nitrogens is 5. The van der Waals surface area contributed by atoms with Gasteiger partial charge in [0.25, 0.3) is 0 Å². The van der Waals surface area contributed by atoms with Gasteiger partial charge in [-0.3, -0.25) is 4.57 Å². The van der Waals surface area contributed by atoms with Gasteiger partial charge in [-0.1, -0.05) is 12.1 Å². The lowest BCUT2D eigenvalue weighted by molar-refractivity contribution is 0.122. The van der Waals surface area contributed by atoms with Gasteiger partial charge in [-0.05, 0) is 19.1 Å². The van der Waals surface area contributed by atoms with Crippen molar-refractivity contribution < 1.29 is 4.74 Å². The maximum Gasteiger partial charge on any atom is 0.242 e. The third-order valence-electron chi connectivity index (χ3n) is 4.68. The lowest BCUT2D eigenvalue weighted by atomic mass is 10.3. The van der Waals surface area contributed by atoms with Crippen molar-refractivity contribution in [1.29, 1.82) is 0 Å². The quantitative estimate of drug-likeness (QED) is 0.666. The lowest BCUT2D eigenvalue weighted by Gasteiger charge is -2.27. The van der Waals surface area contributed by atoms with Crippen LogP contribution < -0.4 is 9.80 Å². The summed E-state index contributed by atoms with van der Waals surface area (Å²) in [5, 5.41) is 0. The second kappa shape index (κ2) is 5.66. The lowest BCUT2D eigenvalue weighted by Crippen LogP contribution is -2.37. The molecule has 8 nitrogen and oxygen atoms in total. The number of fused-ring (bicyclic) bond motifs is 1. The first-order chi connectivity index (χ1) is 12.3. The van der Waals surface area contributed by atoms with Gasteiger partial charge in [0.05, 0.1) is 24.2 Å². The van der Waals surface area contributed by atoms with Gasteiger partial charge in [-0.15, -0.1) is 0 Å². The van der Waals surface area contributed by atoms with Crippen molar-refractivity contribution in [3.05, 3.63) is 30.6 Å². The van der Waals surface area contributed by atoms with E-state index in [9.17, 15) is 0 Å². The molecule has 0 bridgehead atoms. The van der Waals surface area contributed by atoms with Crippen LogP contribution in [0.3, 0.4) is 0 Å². The van der Waals surface area contributed by atoms with Crippen LogP contribution in [0.25, 0.3) is 17.0 Å². The zero-order chi connectivity index (χ0) is 16.8. The molecule has 0 amide bonds. The molecular formula is C17H19N7O. The molecule has 0 N–H and O–H groups in total. The number of morpholine rings is 1. The highest BCUT2D eigenvalue weighted by Gasteiger charge is 2.33. The first kappa shape index (κ1) is 14.6. The van der Waals surface area contributed by atoms with Crippen molar-refractivity contribution in [2.24, 2.45) is 0 Å². The molecule has 2 saturated heterocycles. The van der Waals surface area contributed by atoms with Gasteiger partial charge in [-0.2, -0.15) is 15.0 Å². The van der Waals surface area contributed by atoms with Crippen LogP contribution in [-0.2, 0) is 4.74 Å². The van der Waals surface area contributed by atoms with E-state index in [1.54, 1.807) is 6.33 Å². The van der Waals surface area contributed by atoms with Crippen molar-refractivity contribution in [3.8, 4) is 5.95 Å². The van der Waals surface area contributed by atoms with E-state index in [1.807, 2.05) is 28.8 Å². The summed E-state index contributed by atoms with van der Waals surface area (Å²) in [6, 6.07) is 8.48. The predicted molar refractivity (Wildman–Crippen MR) is 94.3 cm³/mol. The Hall–Kier alpha value is -2.74. The van der Waals surface area contributed by atoms with Gasteiger partial charge >= 0.3 is 0 Å². The zero-order valence-corrected chi connectivity index (χ0v) is 14.0. The average molecular weight is 337 g/mol. The minimum atomic E-state index is 0.479. The second-order valence-electron chi connectivity index (χ2n) is 6.44. The highest BCUT2D eigenvalue weighted by Crippen LogP contribution is 2.27. The van der Waals surface area contributed by atoms with E-state index in [2.05, 4.69) is 21.7 Å². The monoisotopic (exact) mass is 337 g/mol. The number of hydrogen-bond acceptors (Lipinski definition) is 7. The second-order valence-corrected chi connectivity index (χ2v) is 6.44. The molecular weight excluding hydrogens is 318 g/mol. The van der Waals surface area contributed by atoms with Crippen LogP contribution in [-0.4, -0.2) is 63.4 Å². The molecule has 0 spiro atoms. The Morgan fingerprint density at radius 1 is 1.00 bits per heavy atom. The Morgan fingerprint density at radius 3 is 2.52 bits per heavy atom. The molecule has 4 heterocycles. The largest absolute Gasteiger partial charge is 0.378 e. The van der Waals surface area contributed by atoms with Crippen molar-refractivity contribution in [3.63, 3.8) is 0 Å². The van der Waals surface area contributed by atoms with Crippen LogP contribution in [0.5, 0.6) is 0 Å². The van der Waals surface area contributed by atoms with E-state index in [1.165, 1.54) is 0 Å². The highest BCUT2D eigenvalue weighted by molar-refractivity contribution is 5.76. The smallest absolute Gasteiger partial charge is 0.242 e. The third-order valence-corrected chi connectivity index (χ3v) is 4.68. The van der Waals surface area contributed by atoms with E-state index >= 15 is 0 Å². The van der Waals surface area contributed by atoms with Gasteiger partial charge in [0.15, 0.2) is 0 Å². The Bertz CT molecular complexity index is 918. The van der Waals surface area contributed by atoms with E-state index in [0.717, 1.165) is 36.6 Å². The number of ether oxygens (including phenoxy) is 1. The molecule has 2 aromatic heterocycles.